The summed E-state index contributed by atoms with van der Waals surface area (Å²) < 4.78 is 44.1. The Morgan fingerprint density at radius 1 is 1.11 bits per heavy atom. The third-order valence-electron chi connectivity index (χ3n) is 4.08. The molecule has 4 nitrogen and oxygen atoms in total. The number of rotatable bonds is 4. The van der Waals surface area contributed by atoms with E-state index in [-0.39, 0.29) is 12.2 Å². The molecule has 0 amide bonds. The molecule has 142 valence electrons. The molecule has 0 aliphatic heterocycles. The lowest BCUT2D eigenvalue weighted by Gasteiger charge is -2.11. The zero-order valence-electron chi connectivity index (χ0n) is 14.8. The van der Waals surface area contributed by atoms with Crippen molar-refractivity contribution in [3.63, 3.8) is 0 Å². The number of aryl methyl sites for hydroxylation is 1. The minimum atomic E-state index is -4.41. The zero-order chi connectivity index (χ0) is 20.3. The first-order valence-corrected chi connectivity index (χ1v) is 8.31. The Bertz CT molecular complexity index is 1110. The summed E-state index contributed by atoms with van der Waals surface area (Å²) in [7, 11) is 0. The number of H-pyrrole nitrogens is 1. The molecule has 3 rings (SSSR count). The van der Waals surface area contributed by atoms with Gasteiger partial charge in [-0.05, 0) is 48.4 Å². The van der Waals surface area contributed by atoms with Crippen molar-refractivity contribution in [2.75, 3.05) is 0 Å². The fourth-order valence-electron chi connectivity index (χ4n) is 2.78. The highest BCUT2D eigenvalue weighted by Gasteiger charge is 2.30. The molecule has 0 fully saturated rings. The summed E-state index contributed by atoms with van der Waals surface area (Å²) in [5.41, 5.74) is 0.827. The number of hydrogen-bond acceptors (Lipinski definition) is 3. The van der Waals surface area contributed by atoms with Crippen LogP contribution in [0, 0.1) is 18.3 Å². The Kier molecular flexibility index (Phi) is 5.23. The van der Waals surface area contributed by atoms with Crippen molar-refractivity contribution in [3.8, 4) is 22.9 Å². The number of benzene rings is 2. The zero-order valence-corrected chi connectivity index (χ0v) is 14.8. The van der Waals surface area contributed by atoms with Crippen LogP contribution in [-0.2, 0) is 12.8 Å². The van der Waals surface area contributed by atoms with Crippen LogP contribution in [0.5, 0.6) is 5.75 Å². The molecular weight excluding hydrogens is 369 g/mol. The van der Waals surface area contributed by atoms with Gasteiger partial charge in [0.25, 0.3) is 5.56 Å². The van der Waals surface area contributed by atoms with E-state index in [1.54, 1.807) is 43.3 Å². The van der Waals surface area contributed by atoms with Crippen LogP contribution in [0.2, 0.25) is 0 Å². The predicted molar refractivity (Wildman–Crippen MR) is 97.7 cm³/mol. The first-order chi connectivity index (χ1) is 13.3. The van der Waals surface area contributed by atoms with Gasteiger partial charge in [0.15, 0.2) is 0 Å². The molecule has 0 spiro atoms. The topological polar surface area (TPSA) is 65.9 Å². The van der Waals surface area contributed by atoms with Gasteiger partial charge < -0.3 is 9.72 Å². The van der Waals surface area contributed by atoms with Gasteiger partial charge in [0, 0.05) is 11.3 Å². The minimum absolute atomic E-state index is 0.0133. The van der Waals surface area contributed by atoms with Crippen molar-refractivity contribution in [3.05, 3.63) is 87.3 Å². The fourth-order valence-corrected chi connectivity index (χ4v) is 2.78. The summed E-state index contributed by atoms with van der Waals surface area (Å²) in [6, 6.07) is 15.2. The van der Waals surface area contributed by atoms with E-state index in [2.05, 4.69) is 4.98 Å². The molecule has 0 aliphatic carbocycles. The maximum absolute atomic E-state index is 12.8. The van der Waals surface area contributed by atoms with Gasteiger partial charge in [-0.15, -0.1) is 0 Å². The van der Waals surface area contributed by atoms with E-state index >= 15 is 0 Å². The van der Waals surface area contributed by atoms with Gasteiger partial charge in [-0.3, -0.25) is 4.79 Å². The predicted octanol–water partition coefficient (Wildman–Crippen LogP) is 4.82. The molecule has 0 bridgehead atoms. The second-order valence-electron chi connectivity index (χ2n) is 6.20. The molecule has 28 heavy (non-hydrogen) atoms. The van der Waals surface area contributed by atoms with E-state index in [1.807, 2.05) is 6.07 Å². The number of nitrogens with one attached hydrogen (secondary N) is 1. The Morgan fingerprint density at radius 3 is 2.57 bits per heavy atom. The number of pyridine rings is 1. The van der Waals surface area contributed by atoms with Crippen LogP contribution in [0.1, 0.15) is 22.4 Å². The van der Waals surface area contributed by atoms with Crippen LogP contribution in [-0.4, -0.2) is 4.98 Å². The Labute approximate surface area is 158 Å². The standard InChI is InChI=1S/C21H15F3N2O2/c1-13-8-18(19(11-25)20(27)26-13)15-5-3-7-17(10-15)28-12-14-4-2-6-16(9-14)21(22,23)24/h2-10H,12H2,1H3,(H,26,27). The maximum atomic E-state index is 12.8. The first kappa shape index (κ1) is 19.2. The quantitative estimate of drug-likeness (QED) is 0.701. The average Bonchev–Trinajstić information content (AvgIpc) is 2.65. The van der Waals surface area contributed by atoms with Crippen LogP contribution < -0.4 is 10.3 Å². The van der Waals surface area contributed by atoms with Crippen LogP contribution in [0.25, 0.3) is 11.1 Å². The number of hydrogen-bond donors (Lipinski definition) is 1. The van der Waals surface area contributed by atoms with E-state index < -0.39 is 17.3 Å². The molecule has 0 atom stereocenters. The lowest BCUT2D eigenvalue weighted by Crippen LogP contribution is -2.12. The summed E-state index contributed by atoms with van der Waals surface area (Å²) in [6.07, 6.45) is -4.41. The number of nitrogens with zero attached hydrogens (tertiary/aromatic N) is 1. The smallest absolute Gasteiger partial charge is 0.416 e. The van der Waals surface area contributed by atoms with E-state index in [0.717, 1.165) is 12.1 Å². The van der Waals surface area contributed by atoms with Gasteiger partial charge in [0.2, 0.25) is 0 Å². The third-order valence-corrected chi connectivity index (χ3v) is 4.08. The lowest BCUT2D eigenvalue weighted by molar-refractivity contribution is -0.137. The molecule has 1 N–H and O–H groups in total. The van der Waals surface area contributed by atoms with Crippen molar-refractivity contribution in [1.29, 1.82) is 5.26 Å². The van der Waals surface area contributed by atoms with E-state index in [4.69, 9.17) is 4.74 Å². The molecule has 7 heteroatoms. The highest BCUT2D eigenvalue weighted by molar-refractivity contribution is 5.71. The van der Waals surface area contributed by atoms with Crippen LogP contribution >= 0.6 is 0 Å². The number of alkyl halides is 3. The van der Waals surface area contributed by atoms with Crippen LogP contribution in [0.15, 0.2) is 59.4 Å². The summed E-state index contributed by atoms with van der Waals surface area (Å²) in [5.74, 6) is 0.414. The Balaban J connectivity index is 1.86. The van der Waals surface area contributed by atoms with E-state index in [0.29, 0.717) is 28.1 Å². The van der Waals surface area contributed by atoms with E-state index in [9.17, 15) is 23.2 Å². The first-order valence-electron chi connectivity index (χ1n) is 8.31. The Morgan fingerprint density at radius 2 is 1.86 bits per heavy atom. The SMILES string of the molecule is Cc1cc(-c2cccc(OCc3cccc(C(F)(F)F)c3)c2)c(C#N)c(=O)[nH]1. The van der Waals surface area contributed by atoms with Crippen molar-refractivity contribution >= 4 is 0 Å². The van der Waals surface area contributed by atoms with Crippen LogP contribution in [0.3, 0.4) is 0 Å². The lowest BCUT2D eigenvalue weighted by atomic mass is 10.0. The Hall–Kier alpha value is -3.53. The molecule has 0 radical (unpaired) electrons. The summed E-state index contributed by atoms with van der Waals surface area (Å²) >= 11 is 0. The molecule has 3 aromatic rings. The fraction of sp³-hybridized carbons (Fsp3) is 0.143. The summed E-state index contributed by atoms with van der Waals surface area (Å²) in [5, 5.41) is 9.27. The summed E-state index contributed by atoms with van der Waals surface area (Å²) in [6.45, 7) is 1.66. The summed E-state index contributed by atoms with van der Waals surface area (Å²) in [4.78, 5) is 14.5. The van der Waals surface area contributed by atoms with Gasteiger partial charge in [0.05, 0.1) is 5.56 Å². The second-order valence-corrected chi connectivity index (χ2v) is 6.20. The van der Waals surface area contributed by atoms with Crippen molar-refractivity contribution in [1.82, 2.24) is 4.98 Å². The van der Waals surface area contributed by atoms with Crippen molar-refractivity contribution < 1.29 is 17.9 Å². The highest BCUT2D eigenvalue weighted by Crippen LogP contribution is 2.30. The molecule has 0 aliphatic rings. The minimum Gasteiger partial charge on any atom is -0.489 e. The molecule has 2 aromatic carbocycles. The molecular formula is C21H15F3N2O2. The number of ether oxygens (including phenoxy) is 1. The number of halogens is 3. The largest absolute Gasteiger partial charge is 0.489 e. The van der Waals surface area contributed by atoms with Crippen LogP contribution in [0.4, 0.5) is 13.2 Å². The van der Waals surface area contributed by atoms with Gasteiger partial charge >= 0.3 is 6.18 Å². The number of aromatic nitrogens is 1. The number of aromatic amines is 1. The van der Waals surface area contributed by atoms with E-state index in [1.165, 1.54) is 6.07 Å². The molecule has 0 saturated heterocycles. The molecule has 1 aromatic heterocycles. The molecule has 0 unspecified atom stereocenters. The average molecular weight is 384 g/mol. The monoisotopic (exact) mass is 384 g/mol. The number of nitriles is 1. The van der Waals surface area contributed by atoms with Gasteiger partial charge in [-0.2, -0.15) is 18.4 Å². The molecule has 1 heterocycles. The second kappa shape index (κ2) is 7.61. The van der Waals surface area contributed by atoms with Gasteiger partial charge in [0.1, 0.15) is 24.0 Å². The third kappa shape index (κ3) is 4.23. The van der Waals surface area contributed by atoms with Gasteiger partial charge in [-0.1, -0.05) is 24.3 Å². The van der Waals surface area contributed by atoms with Gasteiger partial charge in [-0.25, -0.2) is 0 Å². The normalized spacial score (nSPS) is 11.1. The van der Waals surface area contributed by atoms with Crippen molar-refractivity contribution in [2.45, 2.75) is 19.7 Å². The molecule has 0 saturated carbocycles. The highest BCUT2D eigenvalue weighted by atomic mass is 19.4. The van der Waals surface area contributed by atoms with Crippen molar-refractivity contribution in [2.24, 2.45) is 0 Å². The maximum Gasteiger partial charge on any atom is 0.416 e.